The van der Waals surface area contributed by atoms with Crippen molar-refractivity contribution in [1.82, 2.24) is 4.90 Å². The van der Waals surface area contributed by atoms with Crippen molar-refractivity contribution in [2.75, 3.05) is 27.7 Å². The highest BCUT2D eigenvalue weighted by Gasteiger charge is 2.46. The lowest BCUT2D eigenvalue weighted by Crippen LogP contribution is -2.60. The van der Waals surface area contributed by atoms with Crippen molar-refractivity contribution in [3.8, 4) is 0 Å². The smallest absolute Gasteiger partial charge is 0.306 e. The Morgan fingerprint density at radius 2 is 1.66 bits per heavy atom. The minimum atomic E-state index is -0.577. The van der Waals surface area contributed by atoms with E-state index in [1.54, 1.807) is 13.2 Å². The summed E-state index contributed by atoms with van der Waals surface area (Å²) in [6.07, 6.45) is 5.62. The molecule has 0 bridgehead atoms. The van der Waals surface area contributed by atoms with Crippen LogP contribution in [0.3, 0.4) is 0 Å². The molecule has 0 spiro atoms. The average molecular weight is 579 g/mol. The van der Waals surface area contributed by atoms with Gasteiger partial charge in [-0.25, -0.2) is 0 Å². The quantitative estimate of drug-likeness (QED) is 0.440. The number of nitrogens with two attached hydrogens (primary N) is 1. The zero-order valence-electron chi connectivity index (χ0n) is 27.5. The molecule has 0 saturated carbocycles. The molecule has 0 aromatic rings. The highest BCUT2D eigenvalue weighted by molar-refractivity contribution is 5.91. The fourth-order valence-corrected chi connectivity index (χ4v) is 6.58. The minimum absolute atomic E-state index is 0.00982. The number of cyclic esters (lactones) is 1. The molecular weight excluding hydrogens is 520 g/mol. The van der Waals surface area contributed by atoms with Crippen molar-refractivity contribution in [2.24, 2.45) is 41.2 Å². The number of hydrogen-bond donors (Lipinski definition) is 1. The van der Waals surface area contributed by atoms with Crippen molar-refractivity contribution in [2.45, 2.75) is 111 Å². The number of nitrogens with zero attached hydrogens (tertiary/aromatic N) is 1. The Hall–Kier alpha value is -1.58. The molecule has 1 saturated heterocycles. The fraction of sp³-hybridized carbons (Fsp3) is 0.818. The van der Waals surface area contributed by atoms with Gasteiger partial charge in [-0.15, -0.1) is 0 Å². The summed E-state index contributed by atoms with van der Waals surface area (Å²) < 4.78 is 25.3. The molecule has 2 aliphatic rings. The number of carbonyl (C=O) groups is 2. The predicted molar refractivity (Wildman–Crippen MR) is 163 cm³/mol. The highest BCUT2D eigenvalue weighted by Crippen LogP contribution is 2.36. The minimum Gasteiger partial charge on any atom is -0.462 e. The van der Waals surface area contributed by atoms with Crippen molar-refractivity contribution in [3.05, 3.63) is 23.8 Å². The molecule has 8 nitrogen and oxygen atoms in total. The molecule has 12 atom stereocenters. The summed E-state index contributed by atoms with van der Waals surface area (Å²) >= 11 is 0. The Kier molecular flexibility index (Phi) is 14.2. The van der Waals surface area contributed by atoms with Gasteiger partial charge in [0.1, 0.15) is 12.2 Å². The third-order valence-corrected chi connectivity index (χ3v) is 9.49. The van der Waals surface area contributed by atoms with Crippen LogP contribution in [0.1, 0.15) is 74.7 Å². The van der Waals surface area contributed by atoms with Crippen molar-refractivity contribution >= 4 is 11.8 Å². The highest BCUT2D eigenvalue weighted by atomic mass is 16.7. The topological polar surface area (TPSA) is 100 Å². The van der Waals surface area contributed by atoms with Gasteiger partial charge in [-0.2, -0.15) is 0 Å². The summed E-state index contributed by atoms with van der Waals surface area (Å²) in [5.74, 6) is -0.209. The lowest BCUT2D eigenvalue weighted by atomic mass is 9.79. The van der Waals surface area contributed by atoms with Gasteiger partial charge < -0.3 is 29.6 Å². The molecule has 5 unspecified atom stereocenters. The van der Waals surface area contributed by atoms with E-state index in [-0.39, 0.29) is 84.1 Å². The Morgan fingerprint density at radius 3 is 2.22 bits per heavy atom. The molecule has 1 fully saturated rings. The van der Waals surface area contributed by atoms with Crippen LogP contribution in [0, 0.1) is 35.5 Å². The number of esters is 1. The van der Waals surface area contributed by atoms with E-state index in [1.165, 1.54) is 0 Å². The van der Waals surface area contributed by atoms with E-state index in [2.05, 4.69) is 53.6 Å². The maximum atomic E-state index is 13.2. The van der Waals surface area contributed by atoms with Crippen molar-refractivity contribution in [1.29, 1.82) is 0 Å². The molecule has 0 aromatic carbocycles. The van der Waals surface area contributed by atoms with E-state index >= 15 is 0 Å². The number of likely N-dealkylation sites (N-methyl/N-ethyl adjacent to an activating group) is 1. The second-order valence-corrected chi connectivity index (χ2v) is 13.0. The largest absolute Gasteiger partial charge is 0.462 e. The van der Waals surface area contributed by atoms with E-state index < -0.39 is 6.29 Å². The van der Waals surface area contributed by atoms with E-state index in [4.69, 9.17) is 24.7 Å². The first-order valence-electron chi connectivity index (χ1n) is 15.5. The number of rotatable bonds is 6. The molecule has 2 rings (SSSR count). The third-order valence-electron chi connectivity index (χ3n) is 9.49. The average Bonchev–Trinajstić information content (AvgIpc) is 2.92. The zero-order chi connectivity index (χ0) is 31.0. The summed E-state index contributed by atoms with van der Waals surface area (Å²) in [5, 5.41) is 0. The van der Waals surface area contributed by atoms with Crippen molar-refractivity contribution < 1.29 is 28.5 Å². The van der Waals surface area contributed by atoms with E-state index in [9.17, 15) is 9.59 Å². The zero-order valence-corrected chi connectivity index (χ0v) is 27.5. The van der Waals surface area contributed by atoms with E-state index in [0.717, 1.165) is 5.57 Å². The van der Waals surface area contributed by atoms with Crippen LogP contribution in [-0.4, -0.2) is 81.2 Å². The van der Waals surface area contributed by atoms with Gasteiger partial charge in [0.25, 0.3) is 0 Å². The molecule has 236 valence electrons. The number of carbonyl (C=O) groups excluding carboxylic acids is 2. The number of hydrogen-bond acceptors (Lipinski definition) is 8. The Bertz CT molecular complexity index is 904. The van der Waals surface area contributed by atoms with Crippen LogP contribution in [0.15, 0.2) is 23.8 Å². The maximum Gasteiger partial charge on any atom is 0.306 e. The summed E-state index contributed by atoms with van der Waals surface area (Å²) in [7, 11) is 5.82. The van der Waals surface area contributed by atoms with Gasteiger partial charge in [-0.3, -0.25) is 9.59 Å². The van der Waals surface area contributed by atoms with Gasteiger partial charge >= 0.3 is 5.97 Å². The lowest BCUT2D eigenvalue weighted by molar-refractivity contribution is -0.297. The first-order chi connectivity index (χ1) is 19.2. The van der Waals surface area contributed by atoms with Gasteiger partial charge in [0.05, 0.1) is 12.2 Å². The monoisotopic (exact) mass is 578 g/mol. The molecule has 2 aliphatic heterocycles. The maximum absolute atomic E-state index is 13.2. The summed E-state index contributed by atoms with van der Waals surface area (Å²) in [4.78, 5) is 28.5. The molecule has 0 radical (unpaired) electrons. The molecule has 8 heteroatoms. The summed E-state index contributed by atoms with van der Waals surface area (Å²) in [6, 6.07) is 0.112. The Morgan fingerprint density at radius 1 is 1.00 bits per heavy atom. The lowest BCUT2D eigenvalue weighted by Gasteiger charge is -2.48. The van der Waals surface area contributed by atoms with Gasteiger partial charge in [-0.1, -0.05) is 59.3 Å². The molecule has 2 N–H and O–H groups in total. The first kappa shape index (κ1) is 35.6. The fourth-order valence-electron chi connectivity index (χ4n) is 6.58. The van der Waals surface area contributed by atoms with E-state index in [0.29, 0.717) is 19.4 Å². The molecule has 0 aromatic heterocycles. The molecule has 2 heterocycles. The second kappa shape index (κ2) is 16.3. The normalized spacial score (nSPS) is 42.4. The molecule has 0 amide bonds. The third kappa shape index (κ3) is 9.45. The number of methoxy groups -OCH3 is 1. The Balaban J connectivity index is 2.45. The van der Waals surface area contributed by atoms with Crippen LogP contribution >= 0.6 is 0 Å². The van der Waals surface area contributed by atoms with Gasteiger partial charge in [0.15, 0.2) is 12.1 Å². The van der Waals surface area contributed by atoms with Crippen molar-refractivity contribution in [3.63, 3.8) is 0 Å². The SMILES string of the molecule is CC[C@H]1OC(=O)C[C@@H](C)[C@H](C)[C@@H](OC2OC(C)C(C)C(N(C)C)C2OC)[C@@H](C)C[C@@H](C)C(=O)/C=C/C(C)=C/[C@@H]1CN. The van der Waals surface area contributed by atoms with Gasteiger partial charge in [0.2, 0.25) is 0 Å². The first-order valence-corrected chi connectivity index (χ1v) is 15.5. The summed E-state index contributed by atoms with van der Waals surface area (Å²) in [6.45, 7) is 16.9. The van der Waals surface area contributed by atoms with Crippen LogP contribution < -0.4 is 5.73 Å². The van der Waals surface area contributed by atoms with Crippen LogP contribution in [-0.2, 0) is 28.5 Å². The predicted octanol–water partition coefficient (Wildman–Crippen LogP) is 5.00. The summed E-state index contributed by atoms with van der Waals surface area (Å²) in [5.41, 5.74) is 7.01. The second-order valence-electron chi connectivity index (χ2n) is 13.0. The van der Waals surface area contributed by atoms with Crippen LogP contribution in [0.5, 0.6) is 0 Å². The number of ketones is 1. The van der Waals surface area contributed by atoms with Gasteiger partial charge in [0, 0.05) is 43.9 Å². The van der Waals surface area contributed by atoms with Crippen LogP contribution in [0.25, 0.3) is 0 Å². The number of ether oxygens (including phenoxy) is 4. The van der Waals surface area contributed by atoms with Gasteiger partial charge in [-0.05, 0) is 64.6 Å². The number of allylic oxidation sites excluding steroid dienone is 3. The molecular formula is C33H58N2O6. The molecule has 41 heavy (non-hydrogen) atoms. The standard InChI is InChI=1S/C33H58N2O6/c1-12-28-26(18-34)15-19(2)13-14-27(36)21(4)16-22(5)31(23(6)20(3)17-29(37)40-28)41-33-32(38-11)30(35(9)10)24(7)25(8)39-33/h13-15,20-26,28,30-33H,12,16-18,34H2,1-11H3/b14-13+,19-15+/t20-,21-,22+,23+,24?,25?,26-,28-,30?,31+,32?,33?/m1/s1. The Labute approximate surface area is 249 Å². The van der Waals surface area contributed by atoms with Crippen LogP contribution in [0.2, 0.25) is 0 Å². The van der Waals surface area contributed by atoms with E-state index in [1.807, 2.05) is 32.9 Å². The van der Waals surface area contributed by atoms with Crippen LogP contribution in [0.4, 0.5) is 0 Å². The molecule has 0 aliphatic carbocycles.